The van der Waals surface area contributed by atoms with Crippen molar-refractivity contribution in [2.75, 3.05) is 20.1 Å². The maximum atomic E-state index is 11.8. The van der Waals surface area contributed by atoms with Crippen molar-refractivity contribution in [3.05, 3.63) is 29.8 Å². The number of hydrogen-bond acceptors (Lipinski definition) is 3. The minimum atomic E-state index is -0.0507. The summed E-state index contributed by atoms with van der Waals surface area (Å²) in [5, 5.41) is 9.72. The third-order valence-corrected chi connectivity index (χ3v) is 5.46. The topological polar surface area (TPSA) is 74.8 Å². The zero-order chi connectivity index (χ0) is 19.1. The van der Waals surface area contributed by atoms with E-state index in [-0.39, 0.29) is 17.6 Å². The molecule has 1 aromatic rings. The molecular weight excluding hydrogens is 340 g/mol. The Balaban J connectivity index is 1.61. The fraction of sp³-hybridized carbons (Fsp3) is 0.619. The van der Waals surface area contributed by atoms with Crippen LogP contribution in [-0.2, 0) is 4.79 Å². The van der Waals surface area contributed by atoms with Crippen molar-refractivity contribution in [1.82, 2.24) is 16.0 Å². The molecule has 2 aliphatic rings. The molecule has 0 saturated heterocycles. The molecule has 6 nitrogen and oxygen atoms in total. The highest BCUT2D eigenvalue weighted by Gasteiger charge is 2.43. The number of rotatable bonds is 6. The van der Waals surface area contributed by atoms with Crippen LogP contribution in [0, 0.1) is 0 Å². The maximum Gasteiger partial charge on any atom is 0.221 e. The molecule has 1 atom stereocenters. The van der Waals surface area contributed by atoms with Gasteiger partial charge in [-0.05, 0) is 38.2 Å². The summed E-state index contributed by atoms with van der Waals surface area (Å²) < 4.78 is 6.42. The largest absolute Gasteiger partial charge is 0.487 e. The molecule has 1 aromatic carbocycles. The lowest BCUT2D eigenvalue weighted by molar-refractivity contribution is -0.120. The summed E-state index contributed by atoms with van der Waals surface area (Å²) in [6.07, 6.45) is 7.03. The number of ether oxygens (including phenoxy) is 1. The van der Waals surface area contributed by atoms with E-state index in [4.69, 9.17) is 4.74 Å². The average Bonchev–Trinajstić information content (AvgIpc) is 3.12. The van der Waals surface area contributed by atoms with E-state index in [2.05, 4.69) is 39.1 Å². The van der Waals surface area contributed by atoms with Crippen LogP contribution in [0.4, 0.5) is 0 Å². The number of nitrogens with one attached hydrogen (secondary N) is 3. The van der Waals surface area contributed by atoms with Gasteiger partial charge in [-0.2, -0.15) is 0 Å². The molecule has 1 heterocycles. The van der Waals surface area contributed by atoms with Crippen LogP contribution in [0.2, 0.25) is 0 Å². The molecular formula is C21H32N4O2. The van der Waals surface area contributed by atoms with E-state index in [9.17, 15) is 4.79 Å². The quantitative estimate of drug-likeness (QED) is 0.530. The molecule has 1 amide bonds. The maximum absolute atomic E-state index is 11.8. The van der Waals surface area contributed by atoms with Crippen LogP contribution in [0.5, 0.6) is 5.75 Å². The van der Waals surface area contributed by atoms with Gasteiger partial charge in [0.1, 0.15) is 11.4 Å². The Kier molecular flexibility index (Phi) is 6.58. The molecule has 6 heteroatoms. The SMILES string of the molecule is CCCNC(=O)CCNC(=NC)NC1CC2(CCCC2)Oc2ccccc21. The third-order valence-electron chi connectivity index (χ3n) is 5.46. The normalized spacial score (nSPS) is 20.7. The standard InChI is InChI=1S/C21H32N4O2/c1-3-13-23-19(26)10-14-24-20(22-2)25-17-15-21(11-6-7-12-21)27-18-9-5-4-8-16(17)18/h4-5,8-9,17H,3,6-7,10-15H2,1-2H3,(H,23,26)(H2,22,24,25). The van der Waals surface area contributed by atoms with E-state index in [1.807, 2.05) is 13.0 Å². The summed E-state index contributed by atoms with van der Waals surface area (Å²) in [6, 6.07) is 8.44. The Labute approximate surface area is 162 Å². The molecule has 0 bridgehead atoms. The molecule has 1 spiro atoms. The summed E-state index contributed by atoms with van der Waals surface area (Å²) in [5.74, 6) is 1.78. The molecule has 3 rings (SSSR count). The number of amides is 1. The van der Waals surface area contributed by atoms with Crippen molar-refractivity contribution in [1.29, 1.82) is 0 Å². The monoisotopic (exact) mass is 372 g/mol. The minimum Gasteiger partial charge on any atom is -0.487 e. The third kappa shape index (κ3) is 4.93. The van der Waals surface area contributed by atoms with Crippen molar-refractivity contribution in [2.24, 2.45) is 4.99 Å². The predicted octanol–water partition coefficient (Wildman–Crippen LogP) is 2.90. The van der Waals surface area contributed by atoms with Crippen LogP contribution < -0.4 is 20.7 Å². The number of hydrogen-bond donors (Lipinski definition) is 3. The van der Waals surface area contributed by atoms with Crippen molar-refractivity contribution < 1.29 is 9.53 Å². The minimum absolute atomic E-state index is 0.0507. The zero-order valence-corrected chi connectivity index (χ0v) is 16.5. The van der Waals surface area contributed by atoms with E-state index in [1.165, 1.54) is 18.4 Å². The summed E-state index contributed by atoms with van der Waals surface area (Å²) in [5.41, 5.74) is 1.13. The second-order valence-electron chi connectivity index (χ2n) is 7.53. The van der Waals surface area contributed by atoms with Gasteiger partial charge in [-0.3, -0.25) is 9.79 Å². The van der Waals surface area contributed by atoms with Crippen LogP contribution in [0.1, 0.15) is 63.5 Å². The average molecular weight is 373 g/mol. The Morgan fingerprint density at radius 1 is 1.22 bits per heavy atom. The van der Waals surface area contributed by atoms with Crippen molar-refractivity contribution in [3.63, 3.8) is 0 Å². The first-order valence-corrected chi connectivity index (χ1v) is 10.2. The van der Waals surface area contributed by atoms with Gasteiger partial charge in [0.05, 0.1) is 6.04 Å². The smallest absolute Gasteiger partial charge is 0.221 e. The van der Waals surface area contributed by atoms with Gasteiger partial charge in [0.15, 0.2) is 5.96 Å². The van der Waals surface area contributed by atoms with Crippen LogP contribution in [-0.4, -0.2) is 37.6 Å². The molecule has 3 N–H and O–H groups in total. The number of benzene rings is 1. The van der Waals surface area contributed by atoms with Crippen LogP contribution in [0.15, 0.2) is 29.3 Å². The molecule has 1 fully saturated rings. The van der Waals surface area contributed by atoms with Crippen molar-refractivity contribution in [2.45, 2.75) is 63.5 Å². The lowest BCUT2D eigenvalue weighted by Gasteiger charge is -2.40. The van der Waals surface area contributed by atoms with Gasteiger partial charge >= 0.3 is 0 Å². The van der Waals surface area contributed by atoms with Crippen LogP contribution in [0.25, 0.3) is 0 Å². The Morgan fingerprint density at radius 2 is 2.00 bits per heavy atom. The Bertz CT molecular complexity index is 668. The van der Waals surface area contributed by atoms with Crippen LogP contribution in [0.3, 0.4) is 0 Å². The van der Waals surface area contributed by atoms with Crippen molar-refractivity contribution >= 4 is 11.9 Å². The van der Waals surface area contributed by atoms with Crippen LogP contribution >= 0.6 is 0 Å². The first-order chi connectivity index (χ1) is 13.2. The highest BCUT2D eigenvalue weighted by atomic mass is 16.5. The van der Waals surface area contributed by atoms with Gasteiger partial charge in [-0.15, -0.1) is 0 Å². The zero-order valence-electron chi connectivity index (χ0n) is 16.5. The van der Waals surface area contributed by atoms with E-state index in [0.29, 0.717) is 13.0 Å². The molecule has 1 aliphatic carbocycles. The molecule has 0 aromatic heterocycles. The lowest BCUT2D eigenvalue weighted by atomic mass is 9.86. The fourth-order valence-corrected chi connectivity index (χ4v) is 4.08. The number of guanidine groups is 1. The predicted molar refractivity (Wildman–Crippen MR) is 108 cm³/mol. The summed E-state index contributed by atoms with van der Waals surface area (Å²) in [7, 11) is 1.77. The summed E-state index contributed by atoms with van der Waals surface area (Å²) >= 11 is 0. The summed E-state index contributed by atoms with van der Waals surface area (Å²) in [6.45, 7) is 3.34. The molecule has 148 valence electrons. The van der Waals surface area contributed by atoms with Gasteiger partial charge in [0, 0.05) is 38.5 Å². The second kappa shape index (κ2) is 9.11. The molecule has 0 radical (unpaired) electrons. The number of fused-ring (bicyclic) bond motifs is 1. The summed E-state index contributed by atoms with van der Waals surface area (Å²) in [4.78, 5) is 16.1. The molecule has 1 unspecified atom stereocenters. The molecule has 1 saturated carbocycles. The number of aliphatic imine (C=N–C) groups is 1. The second-order valence-corrected chi connectivity index (χ2v) is 7.53. The highest BCUT2D eigenvalue weighted by molar-refractivity contribution is 5.81. The fourth-order valence-electron chi connectivity index (χ4n) is 4.08. The number of carbonyl (C=O) groups excluding carboxylic acids is 1. The van der Waals surface area contributed by atoms with Gasteiger partial charge < -0.3 is 20.7 Å². The van der Waals surface area contributed by atoms with E-state index in [0.717, 1.165) is 43.9 Å². The lowest BCUT2D eigenvalue weighted by Crippen LogP contribution is -2.47. The first kappa shape index (κ1) is 19.5. The number of nitrogens with zero attached hydrogens (tertiary/aromatic N) is 1. The van der Waals surface area contributed by atoms with Gasteiger partial charge in [-0.1, -0.05) is 25.1 Å². The van der Waals surface area contributed by atoms with Crippen molar-refractivity contribution in [3.8, 4) is 5.75 Å². The van der Waals surface area contributed by atoms with E-state index in [1.54, 1.807) is 7.05 Å². The Hall–Kier alpha value is -2.24. The van der Waals surface area contributed by atoms with Gasteiger partial charge in [-0.25, -0.2) is 0 Å². The molecule has 1 aliphatic heterocycles. The Morgan fingerprint density at radius 3 is 2.74 bits per heavy atom. The first-order valence-electron chi connectivity index (χ1n) is 10.2. The highest BCUT2D eigenvalue weighted by Crippen LogP contribution is 2.46. The number of carbonyl (C=O) groups is 1. The van der Waals surface area contributed by atoms with E-state index < -0.39 is 0 Å². The number of para-hydroxylation sites is 1. The molecule has 27 heavy (non-hydrogen) atoms. The van der Waals surface area contributed by atoms with Gasteiger partial charge in [0.2, 0.25) is 5.91 Å². The van der Waals surface area contributed by atoms with E-state index >= 15 is 0 Å². The van der Waals surface area contributed by atoms with Gasteiger partial charge in [0.25, 0.3) is 0 Å².